The van der Waals surface area contributed by atoms with Crippen molar-refractivity contribution in [2.75, 3.05) is 26.8 Å². The Kier molecular flexibility index (Phi) is 5.94. The van der Waals surface area contributed by atoms with Crippen LogP contribution >= 0.6 is 0 Å². The molecule has 0 aliphatic heterocycles. The summed E-state index contributed by atoms with van der Waals surface area (Å²) >= 11 is 0. The summed E-state index contributed by atoms with van der Waals surface area (Å²) < 4.78 is 11.6. The van der Waals surface area contributed by atoms with Gasteiger partial charge in [-0.3, -0.25) is 0 Å². The van der Waals surface area contributed by atoms with Crippen molar-refractivity contribution >= 4 is 0 Å². The summed E-state index contributed by atoms with van der Waals surface area (Å²) in [6.07, 6.45) is 2.37. The fourth-order valence-corrected chi connectivity index (χ4v) is 0.684. The van der Waals surface area contributed by atoms with Gasteiger partial charge in [-0.25, -0.2) is 4.39 Å². The van der Waals surface area contributed by atoms with Crippen molar-refractivity contribution in [3.63, 3.8) is 0 Å². The molecule has 0 rings (SSSR count). The van der Waals surface area contributed by atoms with Gasteiger partial charge in [-0.1, -0.05) is 13.3 Å². The van der Waals surface area contributed by atoms with Crippen molar-refractivity contribution in [3.8, 4) is 0 Å². The van der Waals surface area contributed by atoms with Crippen molar-refractivity contribution in [1.82, 2.24) is 4.90 Å². The summed E-state index contributed by atoms with van der Waals surface area (Å²) in [6, 6.07) is 0. The third kappa shape index (κ3) is 5.77. The first-order valence-electron chi connectivity index (χ1n) is 3.55. The van der Waals surface area contributed by atoms with E-state index in [9.17, 15) is 4.39 Å². The topological polar surface area (TPSA) is 3.24 Å². The minimum atomic E-state index is -0.222. The van der Waals surface area contributed by atoms with Crippen molar-refractivity contribution in [2.24, 2.45) is 0 Å². The minimum absolute atomic E-state index is 0.222. The van der Waals surface area contributed by atoms with Crippen LogP contribution in [-0.4, -0.2) is 31.7 Å². The third-order valence-electron chi connectivity index (χ3n) is 1.36. The van der Waals surface area contributed by atoms with Crippen LogP contribution in [0.25, 0.3) is 0 Å². The molecule has 0 aromatic carbocycles. The molecule has 0 fully saturated rings. The zero-order chi connectivity index (χ0) is 7.11. The molecule has 0 atom stereocenters. The molecule has 0 N–H and O–H groups in total. The van der Waals surface area contributed by atoms with Crippen LogP contribution < -0.4 is 0 Å². The van der Waals surface area contributed by atoms with Gasteiger partial charge in [0.25, 0.3) is 0 Å². The lowest BCUT2D eigenvalue weighted by Gasteiger charge is -2.12. The van der Waals surface area contributed by atoms with Crippen molar-refractivity contribution in [3.05, 3.63) is 0 Å². The number of alkyl halides is 1. The van der Waals surface area contributed by atoms with Crippen LogP contribution in [0, 0.1) is 0 Å². The maximum atomic E-state index is 11.6. The molecule has 0 saturated heterocycles. The Morgan fingerprint density at radius 2 is 2.00 bits per heavy atom. The first-order chi connectivity index (χ1) is 4.31. The quantitative estimate of drug-likeness (QED) is 0.551. The van der Waals surface area contributed by atoms with Crippen LogP contribution in [0.4, 0.5) is 4.39 Å². The Labute approximate surface area is 56.9 Å². The summed E-state index contributed by atoms with van der Waals surface area (Å²) in [5.74, 6) is 0. The van der Waals surface area contributed by atoms with E-state index in [-0.39, 0.29) is 6.67 Å². The zero-order valence-electron chi connectivity index (χ0n) is 6.36. The molecule has 0 amide bonds. The molecule has 0 heterocycles. The van der Waals surface area contributed by atoms with E-state index in [2.05, 4.69) is 6.92 Å². The van der Waals surface area contributed by atoms with E-state index in [1.54, 1.807) is 0 Å². The Hall–Kier alpha value is -0.110. The summed E-state index contributed by atoms with van der Waals surface area (Å²) in [5, 5.41) is 0. The predicted molar refractivity (Wildman–Crippen MR) is 38.4 cm³/mol. The number of hydrogen-bond donors (Lipinski definition) is 0. The molecular formula is C7H16FN. The van der Waals surface area contributed by atoms with Crippen molar-refractivity contribution in [2.45, 2.75) is 19.8 Å². The second kappa shape index (κ2) is 6.02. The Morgan fingerprint density at radius 1 is 1.33 bits per heavy atom. The van der Waals surface area contributed by atoms with Crippen LogP contribution in [0.3, 0.4) is 0 Å². The predicted octanol–water partition coefficient (Wildman–Crippen LogP) is 1.69. The Morgan fingerprint density at radius 3 is 2.44 bits per heavy atom. The van der Waals surface area contributed by atoms with E-state index in [4.69, 9.17) is 0 Å². The standard InChI is InChI=1S/C7H16FN/c1-3-4-6-9(2)7-5-8/h3-7H2,1-2H3. The molecule has 0 unspecified atom stereocenters. The molecule has 0 aromatic heterocycles. The van der Waals surface area contributed by atoms with Crippen LogP contribution in [0.15, 0.2) is 0 Å². The van der Waals surface area contributed by atoms with Crippen molar-refractivity contribution < 1.29 is 4.39 Å². The van der Waals surface area contributed by atoms with Crippen LogP contribution in [-0.2, 0) is 0 Å². The summed E-state index contributed by atoms with van der Waals surface area (Å²) in [5.41, 5.74) is 0. The first kappa shape index (κ1) is 8.89. The molecule has 0 aliphatic carbocycles. The summed E-state index contributed by atoms with van der Waals surface area (Å²) in [4.78, 5) is 2.02. The summed E-state index contributed by atoms with van der Waals surface area (Å²) in [6.45, 7) is 3.53. The lowest BCUT2D eigenvalue weighted by Crippen LogP contribution is -2.21. The van der Waals surface area contributed by atoms with Gasteiger partial charge in [0.05, 0.1) is 0 Å². The number of nitrogens with zero attached hydrogens (tertiary/aromatic N) is 1. The van der Waals surface area contributed by atoms with Gasteiger partial charge >= 0.3 is 0 Å². The third-order valence-corrected chi connectivity index (χ3v) is 1.36. The van der Waals surface area contributed by atoms with Gasteiger partial charge in [0.2, 0.25) is 0 Å². The van der Waals surface area contributed by atoms with Crippen molar-refractivity contribution in [1.29, 1.82) is 0 Å². The van der Waals surface area contributed by atoms with Crippen LogP contribution in [0.2, 0.25) is 0 Å². The smallest absolute Gasteiger partial charge is 0.102 e. The first-order valence-corrected chi connectivity index (χ1v) is 3.55. The highest BCUT2D eigenvalue weighted by Crippen LogP contribution is 1.90. The maximum absolute atomic E-state index is 11.6. The van der Waals surface area contributed by atoms with Gasteiger partial charge in [0.15, 0.2) is 0 Å². The monoisotopic (exact) mass is 133 g/mol. The lowest BCUT2D eigenvalue weighted by atomic mass is 10.3. The molecule has 2 heteroatoms. The molecule has 9 heavy (non-hydrogen) atoms. The van der Waals surface area contributed by atoms with Gasteiger partial charge < -0.3 is 4.90 Å². The Balaban J connectivity index is 2.95. The van der Waals surface area contributed by atoms with E-state index in [1.165, 1.54) is 12.8 Å². The van der Waals surface area contributed by atoms with Gasteiger partial charge in [0.1, 0.15) is 6.67 Å². The normalized spacial score (nSPS) is 10.7. The number of rotatable bonds is 5. The minimum Gasteiger partial charge on any atom is -0.304 e. The molecule has 0 spiro atoms. The number of unbranched alkanes of at least 4 members (excludes halogenated alkanes) is 1. The highest BCUT2D eigenvalue weighted by molar-refractivity contribution is 4.48. The summed E-state index contributed by atoms with van der Waals surface area (Å²) in [7, 11) is 1.95. The second-order valence-electron chi connectivity index (χ2n) is 2.35. The zero-order valence-corrected chi connectivity index (χ0v) is 6.36. The molecule has 0 bridgehead atoms. The number of halogens is 1. The van der Waals surface area contributed by atoms with E-state index in [1.807, 2.05) is 11.9 Å². The van der Waals surface area contributed by atoms with E-state index < -0.39 is 0 Å². The molecule has 1 nitrogen and oxygen atoms in total. The second-order valence-corrected chi connectivity index (χ2v) is 2.35. The molecule has 56 valence electrons. The molecule has 0 aliphatic rings. The number of hydrogen-bond acceptors (Lipinski definition) is 1. The average Bonchev–Trinajstić information content (AvgIpc) is 1.85. The van der Waals surface area contributed by atoms with Crippen LogP contribution in [0.5, 0.6) is 0 Å². The maximum Gasteiger partial charge on any atom is 0.102 e. The van der Waals surface area contributed by atoms with E-state index in [0.717, 1.165) is 6.54 Å². The molecule has 0 aromatic rings. The highest BCUT2D eigenvalue weighted by atomic mass is 19.1. The van der Waals surface area contributed by atoms with Gasteiger partial charge in [-0.15, -0.1) is 0 Å². The van der Waals surface area contributed by atoms with Crippen LogP contribution in [0.1, 0.15) is 19.8 Å². The van der Waals surface area contributed by atoms with E-state index in [0.29, 0.717) is 6.54 Å². The largest absolute Gasteiger partial charge is 0.304 e. The molecular weight excluding hydrogens is 117 g/mol. The highest BCUT2D eigenvalue weighted by Gasteiger charge is 1.93. The lowest BCUT2D eigenvalue weighted by molar-refractivity contribution is 0.291. The fraction of sp³-hybridized carbons (Fsp3) is 1.00. The van der Waals surface area contributed by atoms with Gasteiger partial charge in [0, 0.05) is 6.54 Å². The van der Waals surface area contributed by atoms with Gasteiger partial charge in [-0.2, -0.15) is 0 Å². The average molecular weight is 133 g/mol. The fourth-order valence-electron chi connectivity index (χ4n) is 0.684. The molecule has 0 radical (unpaired) electrons. The van der Waals surface area contributed by atoms with Gasteiger partial charge in [-0.05, 0) is 20.0 Å². The Bertz CT molecular complexity index is 56.9. The molecule has 0 saturated carbocycles. The van der Waals surface area contributed by atoms with E-state index >= 15 is 0 Å². The SMILES string of the molecule is CCCCN(C)CCF.